The Morgan fingerprint density at radius 1 is 0.700 bits per heavy atom. The predicted octanol–water partition coefficient (Wildman–Crippen LogP) is 1.88. The fourth-order valence-corrected chi connectivity index (χ4v) is 1.34. The molecule has 0 spiro atoms. The van der Waals surface area contributed by atoms with Crippen LogP contribution < -0.4 is 0 Å². The van der Waals surface area contributed by atoms with E-state index in [-0.39, 0.29) is 16.5 Å². The molecule has 0 bridgehead atoms. The van der Waals surface area contributed by atoms with Gasteiger partial charge in [-0.1, -0.05) is 0 Å². The van der Waals surface area contributed by atoms with Crippen molar-refractivity contribution < 1.29 is 21.0 Å². The first-order valence-corrected chi connectivity index (χ1v) is 4.09. The van der Waals surface area contributed by atoms with Crippen molar-refractivity contribution in [1.82, 2.24) is 0 Å². The van der Waals surface area contributed by atoms with Gasteiger partial charge in [-0.05, 0) is 27.7 Å². The van der Waals surface area contributed by atoms with Crippen LogP contribution in [0.25, 0.3) is 0 Å². The minimum atomic E-state index is 0. The van der Waals surface area contributed by atoms with E-state index in [1.165, 1.54) is 30.7 Å². The molecule has 0 aliphatic carbocycles. The minimum absolute atomic E-state index is 0. The van der Waals surface area contributed by atoms with Crippen molar-refractivity contribution >= 4 is 0 Å². The van der Waals surface area contributed by atoms with Crippen molar-refractivity contribution in [3.05, 3.63) is 0 Å². The van der Waals surface area contributed by atoms with Crippen molar-refractivity contribution in [2.45, 2.75) is 27.7 Å². The van der Waals surface area contributed by atoms with Gasteiger partial charge in [-0.2, -0.15) is 0 Å². The quantitative estimate of drug-likeness (QED) is 0.467. The van der Waals surface area contributed by atoms with Crippen LogP contribution in [0.4, 0.5) is 0 Å². The third-order valence-electron chi connectivity index (χ3n) is 2.68. The average Bonchev–Trinajstić information content (AvgIpc) is 1.95. The first-order valence-electron chi connectivity index (χ1n) is 4.09. The van der Waals surface area contributed by atoms with Crippen LogP contribution in [0.3, 0.4) is 0 Å². The molecule has 2 heteroatoms. The maximum Gasteiger partial charge on any atom is 0.0757 e. The first kappa shape index (κ1) is 13.1. The summed E-state index contributed by atoms with van der Waals surface area (Å²) in [5.41, 5.74) is 0. The Morgan fingerprint density at radius 2 is 0.900 bits per heavy atom. The molecule has 0 heterocycles. The third kappa shape index (κ3) is 3.03. The number of nitrogens with zero attached hydrogens (tertiary/aromatic N) is 1. The predicted molar refractivity (Wildman–Crippen MR) is 42.4 cm³/mol. The molecule has 0 saturated carbocycles. The number of quaternary nitrogens is 1. The summed E-state index contributed by atoms with van der Waals surface area (Å²) in [6.45, 7) is 14.2. The van der Waals surface area contributed by atoms with Crippen molar-refractivity contribution in [1.29, 1.82) is 0 Å². The molecule has 0 saturated heterocycles. The van der Waals surface area contributed by atoms with E-state index >= 15 is 0 Å². The van der Waals surface area contributed by atoms with E-state index in [9.17, 15) is 0 Å². The van der Waals surface area contributed by atoms with Crippen LogP contribution in [0, 0.1) is 0 Å². The number of rotatable bonds is 4. The zero-order valence-corrected chi connectivity index (χ0v) is 8.58. The van der Waals surface area contributed by atoms with Gasteiger partial charge in [0.05, 0.1) is 26.2 Å². The van der Waals surface area contributed by atoms with Crippen LogP contribution >= 0.6 is 0 Å². The Hall–Kier alpha value is 0.454. The Labute approximate surface area is 75.3 Å². The molecule has 0 rings (SSSR count). The largest absolute Gasteiger partial charge is 0.325 e. The molecule has 0 aliphatic rings. The Kier molecular flexibility index (Phi) is 8.08. The fraction of sp³-hybridized carbons (Fsp3) is 1.00. The van der Waals surface area contributed by atoms with Gasteiger partial charge in [-0.3, -0.25) is 0 Å². The van der Waals surface area contributed by atoms with E-state index in [0.717, 1.165) is 0 Å². The zero-order chi connectivity index (χ0) is 7.33. The van der Waals surface area contributed by atoms with Gasteiger partial charge in [-0.25, -0.2) is 0 Å². The Morgan fingerprint density at radius 3 is 0.900 bits per heavy atom. The van der Waals surface area contributed by atoms with Gasteiger partial charge in [0.2, 0.25) is 0 Å². The topological polar surface area (TPSA) is 0 Å². The van der Waals surface area contributed by atoms with E-state index in [2.05, 4.69) is 27.7 Å². The normalized spacial score (nSPS) is 10.8. The number of hydrogen-bond donors (Lipinski definition) is 0. The monoisotopic (exact) mass is 188 g/mol. The van der Waals surface area contributed by atoms with Crippen LogP contribution in [0.15, 0.2) is 0 Å². The van der Waals surface area contributed by atoms with Crippen LogP contribution in [-0.2, 0) is 16.5 Å². The van der Waals surface area contributed by atoms with Crippen molar-refractivity contribution in [2.75, 3.05) is 26.2 Å². The summed E-state index contributed by atoms with van der Waals surface area (Å²) in [7, 11) is 0. The molecule has 0 aliphatic heterocycles. The van der Waals surface area contributed by atoms with E-state index in [1.807, 2.05) is 0 Å². The fourth-order valence-electron chi connectivity index (χ4n) is 1.34. The van der Waals surface area contributed by atoms with Gasteiger partial charge < -0.3 is 4.48 Å². The second-order valence-corrected chi connectivity index (χ2v) is 2.61. The Bertz CT molecular complexity index is 52.1. The van der Waals surface area contributed by atoms with Crippen LogP contribution in [0.5, 0.6) is 0 Å². The van der Waals surface area contributed by atoms with Gasteiger partial charge in [-0.15, -0.1) is 0 Å². The molecule has 10 heavy (non-hydrogen) atoms. The molecular formula is C8H20NNi+. The molecule has 0 unspecified atom stereocenters. The first-order chi connectivity index (χ1) is 4.24. The second kappa shape index (κ2) is 6.18. The van der Waals surface area contributed by atoms with E-state index < -0.39 is 0 Å². The summed E-state index contributed by atoms with van der Waals surface area (Å²) in [5, 5.41) is 0. The molecule has 0 radical (unpaired) electrons. The molecule has 0 aromatic carbocycles. The standard InChI is InChI=1S/C8H20N.Ni/c1-5-9(6-2,7-3)8-4;/h5-8H2,1-4H3;/q+1;. The van der Waals surface area contributed by atoms with Crippen molar-refractivity contribution in [3.8, 4) is 0 Å². The van der Waals surface area contributed by atoms with Crippen LogP contribution in [0.2, 0.25) is 0 Å². The summed E-state index contributed by atoms with van der Waals surface area (Å²) in [5.74, 6) is 0. The molecule has 0 fully saturated rings. The molecule has 66 valence electrons. The summed E-state index contributed by atoms with van der Waals surface area (Å²) < 4.78 is 1.28. The summed E-state index contributed by atoms with van der Waals surface area (Å²) in [6, 6.07) is 0. The minimum Gasteiger partial charge on any atom is -0.325 e. The van der Waals surface area contributed by atoms with Gasteiger partial charge in [0.1, 0.15) is 0 Å². The molecule has 1 nitrogen and oxygen atoms in total. The Balaban J connectivity index is 0. The van der Waals surface area contributed by atoms with Crippen molar-refractivity contribution in [2.24, 2.45) is 0 Å². The molecule has 0 N–H and O–H groups in total. The van der Waals surface area contributed by atoms with E-state index in [0.29, 0.717) is 0 Å². The summed E-state index contributed by atoms with van der Waals surface area (Å²) in [6.07, 6.45) is 0. The van der Waals surface area contributed by atoms with Crippen LogP contribution in [0.1, 0.15) is 27.7 Å². The van der Waals surface area contributed by atoms with Gasteiger partial charge in [0, 0.05) is 16.5 Å². The van der Waals surface area contributed by atoms with Gasteiger partial charge in [0.25, 0.3) is 0 Å². The molecule has 0 atom stereocenters. The SMILES string of the molecule is CC[N+](CC)(CC)CC.[Ni]. The molecular weight excluding hydrogens is 169 g/mol. The van der Waals surface area contributed by atoms with Crippen LogP contribution in [-0.4, -0.2) is 30.7 Å². The second-order valence-electron chi connectivity index (χ2n) is 2.61. The van der Waals surface area contributed by atoms with E-state index in [4.69, 9.17) is 0 Å². The smallest absolute Gasteiger partial charge is 0.0757 e. The van der Waals surface area contributed by atoms with E-state index in [1.54, 1.807) is 0 Å². The maximum atomic E-state index is 2.27. The molecule has 0 aromatic rings. The summed E-state index contributed by atoms with van der Waals surface area (Å²) >= 11 is 0. The molecule has 0 aromatic heterocycles. The third-order valence-corrected chi connectivity index (χ3v) is 2.68. The van der Waals surface area contributed by atoms with Crippen molar-refractivity contribution in [3.63, 3.8) is 0 Å². The number of hydrogen-bond acceptors (Lipinski definition) is 0. The summed E-state index contributed by atoms with van der Waals surface area (Å²) in [4.78, 5) is 0. The van der Waals surface area contributed by atoms with Gasteiger partial charge >= 0.3 is 0 Å². The zero-order valence-electron chi connectivity index (χ0n) is 7.59. The van der Waals surface area contributed by atoms with Gasteiger partial charge in [0.15, 0.2) is 0 Å². The molecule has 0 amide bonds. The maximum absolute atomic E-state index is 2.27. The average molecular weight is 189 g/mol.